The van der Waals surface area contributed by atoms with Crippen LogP contribution in [0.15, 0.2) is 0 Å². The molecule has 19 heavy (non-hydrogen) atoms. The van der Waals surface area contributed by atoms with Crippen LogP contribution in [0.4, 0.5) is 13.2 Å². The number of carbonyl (C=O) groups is 1. The fourth-order valence-corrected chi connectivity index (χ4v) is 2.79. The number of rotatable bonds is 4. The third-order valence-corrected chi connectivity index (χ3v) is 3.78. The number of hydrogen-bond donors (Lipinski definition) is 1. The van der Waals surface area contributed by atoms with Gasteiger partial charge >= 0.3 is 6.18 Å². The predicted molar refractivity (Wildman–Crippen MR) is 67.4 cm³/mol. The Bertz CT molecular complexity index is 305. The van der Waals surface area contributed by atoms with Crippen molar-refractivity contribution in [3.63, 3.8) is 0 Å². The average Bonchev–Trinajstić information content (AvgIpc) is 2.33. The molecule has 2 atom stereocenters. The summed E-state index contributed by atoms with van der Waals surface area (Å²) in [6.07, 6.45) is -2.65. The maximum Gasteiger partial charge on any atom is 0.392 e. The van der Waals surface area contributed by atoms with Crippen molar-refractivity contribution >= 4 is 5.91 Å². The Balaban J connectivity index is 2.87. The van der Waals surface area contributed by atoms with E-state index in [4.69, 9.17) is 5.73 Å². The highest BCUT2D eigenvalue weighted by atomic mass is 19.4. The Labute approximate surface area is 112 Å². The van der Waals surface area contributed by atoms with Crippen LogP contribution in [0.5, 0.6) is 0 Å². The molecule has 1 aliphatic carbocycles. The van der Waals surface area contributed by atoms with Crippen LogP contribution in [0, 0.1) is 11.8 Å². The molecule has 3 nitrogen and oxygen atoms in total. The van der Waals surface area contributed by atoms with Gasteiger partial charge in [0.25, 0.3) is 0 Å². The zero-order valence-electron chi connectivity index (χ0n) is 11.5. The summed E-state index contributed by atoms with van der Waals surface area (Å²) < 4.78 is 39.0. The van der Waals surface area contributed by atoms with E-state index in [0.29, 0.717) is 25.8 Å². The molecule has 0 radical (unpaired) electrons. The molecule has 112 valence electrons. The minimum Gasteiger partial charge on any atom is -0.339 e. The lowest BCUT2D eigenvalue weighted by atomic mass is 9.78. The highest BCUT2D eigenvalue weighted by Gasteiger charge is 2.49. The maximum atomic E-state index is 13.0. The van der Waals surface area contributed by atoms with Crippen LogP contribution in [0.1, 0.15) is 39.5 Å². The van der Waals surface area contributed by atoms with Gasteiger partial charge in [0.15, 0.2) is 0 Å². The van der Waals surface area contributed by atoms with Gasteiger partial charge in [0.2, 0.25) is 5.91 Å². The van der Waals surface area contributed by atoms with E-state index in [-0.39, 0.29) is 24.9 Å². The van der Waals surface area contributed by atoms with Crippen LogP contribution < -0.4 is 5.73 Å². The topological polar surface area (TPSA) is 46.3 Å². The average molecular weight is 280 g/mol. The van der Waals surface area contributed by atoms with Crippen LogP contribution in [-0.2, 0) is 4.79 Å². The third-order valence-electron chi connectivity index (χ3n) is 3.78. The molecule has 6 heteroatoms. The molecule has 1 saturated carbocycles. The first-order valence-electron chi connectivity index (χ1n) is 6.86. The second-order valence-corrected chi connectivity index (χ2v) is 5.45. The predicted octanol–water partition coefficient (Wildman–Crippen LogP) is 2.55. The molecule has 0 aromatic rings. The molecule has 0 spiro atoms. The molecule has 1 amide bonds. The molecule has 0 heterocycles. The highest BCUT2D eigenvalue weighted by Crippen LogP contribution is 2.42. The van der Waals surface area contributed by atoms with Gasteiger partial charge in [-0.2, -0.15) is 13.2 Å². The van der Waals surface area contributed by atoms with Crippen molar-refractivity contribution in [2.24, 2.45) is 17.6 Å². The van der Waals surface area contributed by atoms with E-state index in [0.717, 1.165) is 0 Å². The van der Waals surface area contributed by atoms with Crippen molar-refractivity contribution in [3.8, 4) is 0 Å². The van der Waals surface area contributed by atoms with Gasteiger partial charge in [-0.1, -0.05) is 12.8 Å². The van der Waals surface area contributed by atoms with Crippen molar-refractivity contribution in [3.05, 3.63) is 0 Å². The first kappa shape index (κ1) is 16.3. The van der Waals surface area contributed by atoms with Gasteiger partial charge in [-0.3, -0.25) is 4.79 Å². The normalized spacial score (nSPS) is 24.6. The molecule has 1 aliphatic rings. The van der Waals surface area contributed by atoms with Crippen LogP contribution in [0.2, 0.25) is 0 Å². The van der Waals surface area contributed by atoms with Gasteiger partial charge < -0.3 is 10.6 Å². The minimum absolute atomic E-state index is 0.0640. The zero-order chi connectivity index (χ0) is 14.6. The second kappa shape index (κ2) is 6.59. The minimum atomic E-state index is -4.29. The number of hydrogen-bond acceptors (Lipinski definition) is 2. The molecule has 1 fully saturated rings. The summed E-state index contributed by atoms with van der Waals surface area (Å²) in [6.45, 7) is 4.20. The standard InChI is InChI=1S/C13H23F3N2O/c1-9(2)18(8-7-17)12(19)10-5-3-4-6-11(10)13(14,15)16/h9-11H,3-8,17H2,1-2H3. The first-order valence-corrected chi connectivity index (χ1v) is 6.86. The summed E-state index contributed by atoms with van der Waals surface area (Å²) in [5, 5.41) is 0. The lowest BCUT2D eigenvalue weighted by Crippen LogP contribution is -2.48. The summed E-state index contributed by atoms with van der Waals surface area (Å²) in [7, 11) is 0. The Morgan fingerprint density at radius 2 is 1.89 bits per heavy atom. The number of nitrogens with two attached hydrogens (primary N) is 1. The summed E-state index contributed by atoms with van der Waals surface area (Å²) in [5.41, 5.74) is 5.44. The fourth-order valence-electron chi connectivity index (χ4n) is 2.79. The van der Waals surface area contributed by atoms with Crippen molar-refractivity contribution < 1.29 is 18.0 Å². The van der Waals surface area contributed by atoms with Crippen LogP contribution in [0.3, 0.4) is 0 Å². The second-order valence-electron chi connectivity index (χ2n) is 5.45. The lowest BCUT2D eigenvalue weighted by molar-refractivity contribution is -0.201. The van der Waals surface area contributed by atoms with E-state index in [1.807, 2.05) is 0 Å². The number of halogens is 3. The highest BCUT2D eigenvalue weighted by molar-refractivity contribution is 5.79. The van der Waals surface area contributed by atoms with Crippen LogP contribution in [-0.4, -0.2) is 36.1 Å². The Hall–Kier alpha value is -0.780. The van der Waals surface area contributed by atoms with E-state index < -0.39 is 18.0 Å². The van der Waals surface area contributed by atoms with E-state index in [1.165, 1.54) is 4.90 Å². The lowest BCUT2D eigenvalue weighted by Gasteiger charge is -2.37. The van der Waals surface area contributed by atoms with Gasteiger partial charge in [0.1, 0.15) is 0 Å². The summed E-state index contributed by atoms with van der Waals surface area (Å²) in [4.78, 5) is 13.8. The van der Waals surface area contributed by atoms with E-state index in [1.54, 1.807) is 13.8 Å². The zero-order valence-corrected chi connectivity index (χ0v) is 11.5. The molecule has 0 bridgehead atoms. The summed E-state index contributed by atoms with van der Waals surface area (Å²) in [5.74, 6) is -2.81. The van der Waals surface area contributed by atoms with E-state index in [9.17, 15) is 18.0 Å². The first-order chi connectivity index (χ1) is 8.79. The molecule has 0 aliphatic heterocycles. The number of amides is 1. The Morgan fingerprint density at radius 3 is 2.37 bits per heavy atom. The SMILES string of the molecule is CC(C)N(CCN)C(=O)C1CCCCC1C(F)(F)F. The molecular weight excluding hydrogens is 257 g/mol. The maximum absolute atomic E-state index is 13.0. The molecule has 2 unspecified atom stereocenters. The van der Waals surface area contributed by atoms with Crippen molar-refractivity contribution in [1.29, 1.82) is 0 Å². The number of carbonyl (C=O) groups excluding carboxylic acids is 1. The third kappa shape index (κ3) is 4.09. The summed E-state index contributed by atoms with van der Waals surface area (Å²) >= 11 is 0. The monoisotopic (exact) mass is 280 g/mol. The van der Waals surface area contributed by atoms with Crippen molar-refractivity contribution in [1.82, 2.24) is 4.90 Å². The fraction of sp³-hybridized carbons (Fsp3) is 0.923. The van der Waals surface area contributed by atoms with Crippen LogP contribution in [0.25, 0.3) is 0 Å². The van der Waals surface area contributed by atoms with E-state index >= 15 is 0 Å². The molecule has 2 N–H and O–H groups in total. The Morgan fingerprint density at radius 1 is 1.32 bits per heavy atom. The quantitative estimate of drug-likeness (QED) is 0.860. The van der Waals surface area contributed by atoms with Gasteiger partial charge in [0, 0.05) is 25.0 Å². The van der Waals surface area contributed by atoms with Gasteiger partial charge in [0.05, 0.1) is 5.92 Å². The van der Waals surface area contributed by atoms with E-state index in [2.05, 4.69) is 0 Å². The molecule has 0 aromatic carbocycles. The Kier molecular flexibility index (Phi) is 5.64. The van der Waals surface area contributed by atoms with Gasteiger partial charge in [-0.05, 0) is 26.7 Å². The van der Waals surface area contributed by atoms with Gasteiger partial charge in [-0.15, -0.1) is 0 Å². The summed E-state index contributed by atoms with van der Waals surface area (Å²) in [6, 6.07) is -0.119. The number of alkyl halides is 3. The smallest absolute Gasteiger partial charge is 0.339 e. The van der Waals surface area contributed by atoms with Crippen LogP contribution >= 0.6 is 0 Å². The largest absolute Gasteiger partial charge is 0.392 e. The molecular formula is C13H23F3N2O. The molecule has 1 rings (SSSR count). The molecule has 0 aromatic heterocycles. The molecule has 0 saturated heterocycles. The van der Waals surface area contributed by atoms with Crippen molar-refractivity contribution in [2.45, 2.75) is 51.7 Å². The van der Waals surface area contributed by atoms with Crippen molar-refractivity contribution in [2.75, 3.05) is 13.1 Å². The van der Waals surface area contributed by atoms with Gasteiger partial charge in [-0.25, -0.2) is 0 Å². The number of nitrogens with zero attached hydrogens (tertiary/aromatic N) is 1.